The predicted molar refractivity (Wildman–Crippen MR) is 77.9 cm³/mol. The van der Waals surface area contributed by atoms with E-state index >= 15 is 0 Å². The Morgan fingerprint density at radius 2 is 1.26 bits per heavy atom. The van der Waals surface area contributed by atoms with Crippen LogP contribution in [-0.2, 0) is 18.9 Å². The van der Waals surface area contributed by atoms with Crippen LogP contribution in [0.15, 0.2) is 0 Å². The van der Waals surface area contributed by atoms with Crippen molar-refractivity contribution >= 4 is 0 Å². The van der Waals surface area contributed by atoms with Crippen molar-refractivity contribution in [2.45, 2.75) is 6.92 Å². The van der Waals surface area contributed by atoms with Gasteiger partial charge in [-0.15, -0.1) is 0 Å². The third kappa shape index (κ3) is 27.1. The van der Waals surface area contributed by atoms with Gasteiger partial charge in [0.05, 0.1) is 33.0 Å². The number of nitrogens with one attached hydrogen (secondary N) is 2. The minimum absolute atomic E-state index is 0.662. The van der Waals surface area contributed by atoms with E-state index in [0.717, 1.165) is 46.1 Å². The van der Waals surface area contributed by atoms with E-state index in [-0.39, 0.29) is 0 Å². The van der Waals surface area contributed by atoms with E-state index in [1.165, 1.54) is 0 Å². The van der Waals surface area contributed by atoms with Gasteiger partial charge in [0.2, 0.25) is 0 Å². The minimum atomic E-state index is 0.662. The maximum Gasteiger partial charge on any atom is 0.0701 e. The van der Waals surface area contributed by atoms with E-state index in [2.05, 4.69) is 15.4 Å². The topological polar surface area (TPSA) is 61.0 Å². The highest BCUT2D eigenvalue weighted by Gasteiger charge is 1.90. The van der Waals surface area contributed by atoms with E-state index in [9.17, 15) is 0 Å². The lowest BCUT2D eigenvalue weighted by molar-refractivity contribution is 0.0499. The molecule has 0 saturated carbocycles. The first kappa shape index (κ1) is 21.1. The molecular formula is C13H32N2O4. The van der Waals surface area contributed by atoms with Gasteiger partial charge >= 0.3 is 0 Å². The molecule has 0 atom stereocenters. The average Bonchev–Trinajstić information content (AvgIpc) is 2.45. The van der Waals surface area contributed by atoms with Gasteiger partial charge in [0.1, 0.15) is 0 Å². The lowest BCUT2D eigenvalue weighted by Gasteiger charge is -2.06. The molecule has 19 heavy (non-hydrogen) atoms. The molecule has 0 unspecified atom stereocenters. The van der Waals surface area contributed by atoms with Crippen LogP contribution in [0.25, 0.3) is 0 Å². The van der Waals surface area contributed by atoms with Crippen LogP contribution < -0.4 is 10.6 Å². The lowest BCUT2D eigenvalue weighted by atomic mass is 10.6. The normalized spacial score (nSPS) is 10.1. The Kier molecular flexibility index (Phi) is 25.4. The van der Waals surface area contributed by atoms with Crippen LogP contribution in [0.3, 0.4) is 0 Å². The summed E-state index contributed by atoms with van der Waals surface area (Å²) >= 11 is 0. The Morgan fingerprint density at radius 1 is 0.737 bits per heavy atom. The van der Waals surface area contributed by atoms with Crippen molar-refractivity contribution in [2.24, 2.45) is 0 Å². The first-order valence-electron chi connectivity index (χ1n) is 6.82. The quantitative estimate of drug-likeness (QED) is 0.468. The summed E-state index contributed by atoms with van der Waals surface area (Å²) in [6, 6.07) is 0. The molecule has 0 aliphatic carbocycles. The Bertz CT molecular complexity index is 126. The molecule has 2 N–H and O–H groups in total. The van der Waals surface area contributed by atoms with E-state index in [1.54, 1.807) is 14.2 Å². The zero-order valence-electron chi connectivity index (χ0n) is 13.0. The van der Waals surface area contributed by atoms with Crippen LogP contribution >= 0.6 is 0 Å². The predicted octanol–water partition coefficient (Wildman–Crippen LogP) is 0.128. The molecule has 0 aromatic heterocycles. The molecular weight excluding hydrogens is 248 g/mol. The van der Waals surface area contributed by atoms with Crippen molar-refractivity contribution in [2.75, 3.05) is 80.5 Å². The van der Waals surface area contributed by atoms with Crippen molar-refractivity contribution in [1.29, 1.82) is 0 Å². The molecule has 0 aromatic carbocycles. The van der Waals surface area contributed by atoms with Gasteiger partial charge in [0, 0.05) is 40.5 Å². The Balaban J connectivity index is 0. The molecule has 0 aliphatic heterocycles. The fourth-order valence-electron chi connectivity index (χ4n) is 0.940. The third-order valence-electron chi connectivity index (χ3n) is 2.06. The Hall–Kier alpha value is -0.240. The van der Waals surface area contributed by atoms with Crippen molar-refractivity contribution in [3.8, 4) is 0 Å². The van der Waals surface area contributed by atoms with E-state index in [4.69, 9.17) is 14.2 Å². The molecule has 0 saturated heterocycles. The number of ether oxygens (including phenoxy) is 4. The highest BCUT2D eigenvalue weighted by atomic mass is 16.5. The summed E-state index contributed by atoms with van der Waals surface area (Å²) in [5, 5.41) is 6.21. The largest absolute Gasteiger partial charge is 0.385 e. The standard InChI is InChI=1S/C10H24N2O3.C3H8O/c1-11-3-7-14-9-10-15-8-5-12-4-6-13-2;1-3-4-2/h11-12H,3-10H2,1-2H3;3H2,1-2H3. The van der Waals surface area contributed by atoms with Crippen LogP contribution in [0.2, 0.25) is 0 Å². The van der Waals surface area contributed by atoms with Gasteiger partial charge in [-0.1, -0.05) is 0 Å². The molecule has 0 amide bonds. The Morgan fingerprint density at radius 3 is 1.74 bits per heavy atom. The van der Waals surface area contributed by atoms with E-state index in [1.807, 2.05) is 14.0 Å². The van der Waals surface area contributed by atoms with Gasteiger partial charge < -0.3 is 29.6 Å². The molecule has 0 aromatic rings. The summed E-state index contributed by atoms with van der Waals surface area (Å²) < 4.78 is 20.1. The van der Waals surface area contributed by atoms with E-state index in [0.29, 0.717) is 13.2 Å². The fourth-order valence-corrected chi connectivity index (χ4v) is 0.940. The zero-order chi connectivity index (χ0) is 14.6. The SMILES string of the molecule is CCOC.CNCCOCCOCCNCCOC. The summed E-state index contributed by atoms with van der Waals surface area (Å²) in [4.78, 5) is 0. The first-order chi connectivity index (χ1) is 9.33. The van der Waals surface area contributed by atoms with Crippen LogP contribution in [0, 0.1) is 0 Å². The summed E-state index contributed by atoms with van der Waals surface area (Å²) in [5.74, 6) is 0. The van der Waals surface area contributed by atoms with Gasteiger partial charge in [0.15, 0.2) is 0 Å². The van der Waals surface area contributed by atoms with Gasteiger partial charge in [-0.2, -0.15) is 0 Å². The van der Waals surface area contributed by atoms with Crippen molar-refractivity contribution in [1.82, 2.24) is 10.6 Å². The van der Waals surface area contributed by atoms with Crippen LogP contribution in [0.1, 0.15) is 6.92 Å². The summed E-state index contributed by atoms with van der Waals surface area (Å²) in [7, 11) is 5.28. The molecule has 6 nitrogen and oxygen atoms in total. The first-order valence-corrected chi connectivity index (χ1v) is 6.82. The molecule has 0 aliphatic rings. The molecule has 118 valence electrons. The Labute approximate surface area is 118 Å². The van der Waals surface area contributed by atoms with Gasteiger partial charge in [-0.05, 0) is 14.0 Å². The van der Waals surface area contributed by atoms with Crippen LogP contribution in [0.5, 0.6) is 0 Å². The highest BCUT2D eigenvalue weighted by molar-refractivity contribution is 4.44. The number of likely N-dealkylation sites (N-methyl/N-ethyl adjacent to an activating group) is 1. The van der Waals surface area contributed by atoms with E-state index < -0.39 is 0 Å². The molecule has 0 fully saturated rings. The minimum Gasteiger partial charge on any atom is -0.385 e. The monoisotopic (exact) mass is 280 g/mol. The summed E-state index contributed by atoms with van der Waals surface area (Å²) in [6.07, 6.45) is 0. The molecule has 6 heteroatoms. The molecule has 0 bridgehead atoms. The van der Waals surface area contributed by atoms with Crippen molar-refractivity contribution in [3.63, 3.8) is 0 Å². The molecule has 0 heterocycles. The van der Waals surface area contributed by atoms with Gasteiger partial charge in [-0.3, -0.25) is 0 Å². The van der Waals surface area contributed by atoms with Crippen molar-refractivity contribution < 1.29 is 18.9 Å². The van der Waals surface area contributed by atoms with Gasteiger partial charge in [-0.25, -0.2) is 0 Å². The van der Waals surface area contributed by atoms with Crippen LogP contribution in [-0.4, -0.2) is 80.5 Å². The number of hydrogen-bond donors (Lipinski definition) is 2. The molecule has 0 rings (SSSR count). The number of methoxy groups -OCH3 is 2. The fraction of sp³-hybridized carbons (Fsp3) is 1.00. The second-order valence-electron chi connectivity index (χ2n) is 3.65. The molecule has 0 spiro atoms. The summed E-state index contributed by atoms with van der Waals surface area (Å²) in [5.41, 5.74) is 0. The number of rotatable bonds is 13. The van der Waals surface area contributed by atoms with Crippen LogP contribution in [0.4, 0.5) is 0 Å². The lowest BCUT2D eigenvalue weighted by Crippen LogP contribution is -2.24. The average molecular weight is 280 g/mol. The maximum atomic E-state index is 5.35. The second-order valence-corrected chi connectivity index (χ2v) is 3.65. The number of hydrogen-bond acceptors (Lipinski definition) is 6. The molecule has 0 radical (unpaired) electrons. The van der Waals surface area contributed by atoms with Crippen molar-refractivity contribution in [3.05, 3.63) is 0 Å². The zero-order valence-corrected chi connectivity index (χ0v) is 13.0. The maximum absolute atomic E-state index is 5.35. The smallest absolute Gasteiger partial charge is 0.0701 e. The highest BCUT2D eigenvalue weighted by Crippen LogP contribution is 1.77. The summed E-state index contributed by atoms with van der Waals surface area (Å²) in [6.45, 7) is 8.94. The van der Waals surface area contributed by atoms with Gasteiger partial charge in [0.25, 0.3) is 0 Å². The second kappa shape index (κ2) is 22.9. The third-order valence-corrected chi connectivity index (χ3v) is 2.06.